The van der Waals surface area contributed by atoms with Crippen LogP contribution in [0.5, 0.6) is 0 Å². The summed E-state index contributed by atoms with van der Waals surface area (Å²) in [5.74, 6) is -0.272. The van der Waals surface area contributed by atoms with E-state index in [2.05, 4.69) is 5.32 Å². The van der Waals surface area contributed by atoms with Gasteiger partial charge in [0, 0.05) is 13.1 Å². The minimum Gasteiger partial charge on any atom is -0.388 e. The molecule has 1 saturated carbocycles. The summed E-state index contributed by atoms with van der Waals surface area (Å²) in [6.07, 6.45) is 4.38. The van der Waals surface area contributed by atoms with E-state index in [4.69, 9.17) is 0 Å². The van der Waals surface area contributed by atoms with E-state index in [0.717, 1.165) is 29.7 Å². The Morgan fingerprint density at radius 3 is 2.53 bits per heavy atom. The lowest BCUT2D eigenvalue weighted by molar-refractivity contribution is -0.141. The summed E-state index contributed by atoms with van der Waals surface area (Å²) >= 11 is 0. The number of carbonyl (C=O) groups is 3. The molecule has 4 amide bonds. The van der Waals surface area contributed by atoms with Crippen LogP contribution in [0, 0.1) is 11.8 Å². The summed E-state index contributed by atoms with van der Waals surface area (Å²) in [6, 6.07) is 9.14. The van der Waals surface area contributed by atoms with E-state index in [9.17, 15) is 19.5 Å². The number of likely N-dealkylation sites (tertiary alicyclic amines) is 1. The van der Waals surface area contributed by atoms with Gasteiger partial charge in [0.1, 0.15) is 12.1 Å². The third-order valence-corrected chi connectivity index (χ3v) is 7.27. The van der Waals surface area contributed by atoms with Gasteiger partial charge in [-0.1, -0.05) is 50.1 Å². The van der Waals surface area contributed by atoms with Gasteiger partial charge in [0.2, 0.25) is 5.91 Å². The highest BCUT2D eigenvalue weighted by Gasteiger charge is 2.55. The monoisotopic (exact) mass is 413 g/mol. The first-order chi connectivity index (χ1) is 14.4. The van der Waals surface area contributed by atoms with E-state index < -0.39 is 17.7 Å². The molecular weight excluding hydrogens is 382 g/mol. The predicted molar refractivity (Wildman–Crippen MR) is 111 cm³/mol. The maximum absolute atomic E-state index is 13.1. The van der Waals surface area contributed by atoms with Crippen molar-refractivity contribution in [3.63, 3.8) is 0 Å². The normalized spacial score (nSPS) is 28.7. The SMILES string of the molecule is CC1CCCCC12NC(=O)N(CC(=O)N1CCC(C(O)c3ccccc3)CC1)C2=O. The zero-order valence-corrected chi connectivity index (χ0v) is 17.5. The molecule has 1 aromatic carbocycles. The molecule has 162 valence electrons. The fourth-order valence-corrected chi connectivity index (χ4v) is 5.26. The van der Waals surface area contributed by atoms with Gasteiger partial charge in [-0.05, 0) is 43.1 Å². The van der Waals surface area contributed by atoms with Gasteiger partial charge in [0.15, 0.2) is 0 Å². The number of hydrogen-bond donors (Lipinski definition) is 2. The third-order valence-electron chi connectivity index (χ3n) is 7.27. The van der Waals surface area contributed by atoms with E-state index in [0.29, 0.717) is 32.4 Å². The van der Waals surface area contributed by atoms with Crippen LogP contribution in [0.4, 0.5) is 4.79 Å². The van der Waals surface area contributed by atoms with Gasteiger partial charge in [0.05, 0.1) is 6.10 Å². The Morgan fingerprint density at radius 2 is 1.87 bits per heavy atom. The zero-order chi connectivity index (χ0) is 21.3. The van der Waals surface area contributed by atoms with Gasteiger partial charge in [-0.3, -0.25) is 14.5 Å². The Kier molecular flexibility index (Phi) is 5.82. The molecule has 1 aromatic rings. The molecule has 1 aliphatic carbocycles. The van der Waals surface area contributed by atoms with Crippen molar-refractivity contribution in [2.75, 3.05) is 19.6 Å². The molecule has 3 atom stereocenters. The lowest BCUT2D eigenvalue weighted by Crippen LogP contribution is -2.54. The first kappa shape index (κ1) is 20.8. The number of aliphatic hydroxyl groups is 1. The van der Waals surface area contributed by atoms with Crippen molar-refractivity contribution in [1.29, 1.82) is 0 Å². The molecule has 30 heavy (non-hydrogen) atoms. The van der Waals surface area contributed by atoms with Crippen molar-refractivity contribution in [2.24, 2.45) is 11.8 Å². The number of urea groups is 1. The van der Waals surface area contributed by atoms with Crippen LogP contribution in [0.25, 0.3) is 0 Å². The average Bonchev–Trinajstić information content (AvgIpc) is 3.01. The molecule has 2 N–H and O–H groups in total. The van der Waals surface area contributed by atoms with E-state index in [1.165, 1.54) is 0 Å². The number of imide groups is 1. The third kappa shape index (κ3) is 3.71. The number of rotatable bonds is 4. The van der Waals surface area contributed by atoms with Gasteiger partial charge in [-0.2, -0.15) is 0 Å². The fourth-order valence-electron chi connectivity index (χ4n) is 5.26. The van der Waals surface area contributed by atoms with Gasteiger partial charge in [-0.25, -0.2) is 4.79 Å². The van der Waals surface area contributed by atoms with Gasteiger partial charge in [-0.15, -0.1) is 0 Å². The largest absolute Gasteiger partial charge is 0.388 e. The molecule has 2 heterocycles. The van der Waals surface area contributed by atoms with E-state index in [1.807, 2.05) is 37.3 Å². The molecule has 2 aliphatic heterocycles. The van der Waals surface area contributed by atoms with Crippen molar-refractivity contribution >= 4 is 17.8 Å². The minimum atomic E-state index is -0.831. The number of benzene rings is 1. The number of nitrogens with zero attached hydrogens (tertiary/aromatic N) is 2. The molecule has 1 spiro atoms. The second-order valence-electron chi connectivity index (χ2n) is 9.01. The summed E-state index contributed by atoms with van der Waals surface area (Å²) in [5.41, 5.74) is 0.0658. The molecule has 2 saturated heterocycles. The maximum Gasteiger partial charge on any atom is 0.325 e. The summed E-state index contributed by atoms with van der Waals surface area (Å²) in [5, 5.41) is 13.5. The Morgan fingerprint density at radius 1 is 1.17 bits per heavy atom. The van der Waals surface area contributed by atoms with Gasteiger partial charge < -0.3 is 15.3 Å². The number of hydrogen-bond acceptors (Lipinski definition) is 4. The van der Waals surface area contributed by atoms with Crippen molar-refractivity contribution in [3.8, 4) is 0 Å². The number of aliphatic hydroxyl groups excluding tert-OH is 1. The summed E-state index contributed by atoms with van der Waals surface area (Å²) in [6.45, 7) is 2.85. The highest BCUT2D eigenvalue weighted by molar-refractivity contribution is 6.09. The van der Waals surface area contributed by atoms with Gasteiger partial charge >= 0.3 is 6.03 Å². The molecule has 0 bridgehead atoms. The fraction of sp³-hybridized carbons (Fsp3) is 0.609. The molecular formula is C23H31N3O4. The molecule has 0 radical (unpaired) electrons. The van der Waals surface area contributed by atoms with Crippen LogP contribution in [0.3, 0.4) is 0 Å². The topological polar surface area (TPSA) is 90.0 Å². The van der Waals surface area contributed by atoms with Crippen LogP contribution in [0.1, 0.15) is 57.1 Å². The number of carbonyl (C=O) groups excluding carboxylic acids is 3. The molecule has 7 heteroatoms. The predicted octanol–water partition coefficient (Wildman–Crippen LogP) is 2.46. The van der Waals surface area contributed by atoms with Crippen molar-refractivity contribution in [2.45, 2.75) is 57.1 Å². The Hall–Kier alpha value is -2.41. The lowest BCUT2D eigenvalue weighted by Gasteiger charge is -2.37. The van der Waals surface area contributed by atoms with E-state index in [-0.39, 0.29) is 30.2 Å². The van der Waals surface area contributed by atoms with Gasteiger partial charge in [0.25, 0.3) is 5.91 Å². The Balaban J connectivity index is 1.34. The summed E-state index contributed by atoms with van der Waals surface area (Å²) in [4.78, 5) is 41.2. The minimum absolute atomic E-state index is 0.0815. The Bertz CT molecular complexity index is 806. The first-order valence-corrected chi connectivity index (χ1v) is 11.1. The summed E-state index contributed by atoms with van der Waals surface area (Å²) in [7, 11) is 0. The number of nitrogens with one attached hydrogen (secondary N) is 1. The highest BCUT2D eigenvalue weighted by atomic mass is 16.3. The van der Waals surface area contributed by atoms with Crippen molar-refractivity contribution < 1.29 is 19.5 Å². The van der Waals surface area contributed by atoms with Crippen molar-refractivity contribution in [1.82, 2.24) is 15.1 Å². The second kappa shape index (κ2) is 8.38. The van der Waals surface area contributed by atoms with Crippen LogP contribution in [0.2, 0.25) is 0 Å². The molecule has 7 nitrogen and oxygen atoms in total. The standard InChI is InChI=1S/C23H31N3O4/c1-16-7-5-6-12-23(16)21(29)26(22(30)24-23)15-19(27)25-13-10-18(11-14-25)20(28)17-8-3-2-4-9-17/h2-4,8-9,16,18,20,28H,5-7,10-15H2,1H3,(H,24,30). The molecule has 3 unspecified atom stereocenters. The smallest absolute Gasteiger partial charge is 0.325 e. The maximum atomic E-state index is 13.1. The quantitative estimate of drug-likeness (QED) is 0.742. The highest BCUT2D eigenvalue weighted by Crippen LogP contribution is 2.38. The summed E-state index contributed by atoms with van der Waals surface area (Å²) < 4.78 is 0. The molecule has 3 fully saturated rings. The molecule has 4 rings (SSSR count). The van der Waals surface area contributed by atoms with E-state index >= 15 is 0 Å². The van der Waals surface area contributed by atoms with Crippen LogP contribution < -0.4 is 5.32 Å². The average molecular weight is 414 g/mol. The van der Waals surface area contributed by atoms with Crippen LogP contribution in [-0.4, -0.2) is 57.9 Å². The molecule has 3 aliphatic rings. The van der Waals surface area contributed by atoms with Crippen LogP contribution in [0.15, 0.2) is 30.3 Å². The second-order valence-corrected chi connectivity index (χ2v) is 9.01. The zero-order valence-electron chi connectivity index (χ0n) is 17.5. The van der Waals surface area contributed by atoms with Crippen LogP contribution >= 0.6 is 0 Å². The van der Waals surface area contributed by atoms with Crippen LogP contribution in [-0.2, 0) is 9.59 Å². The van der Waals surface area contributed by atoms with Crippen molar-refractivity contribution in [3.05, 3.63) is 35.9 Å². The lowest BCUT2D eigenvalue weighted by atomic mass is 9.73. The molecule has 0 aromatic heterocycles. The first-order valence-electron chi connectivity index (χ1n) is 11.1. The number of piperidine rings is 1. The Labute approximate surface area is 177 Å². The van der Waals surface area contributed by atoms with E-state index in [1.54, 1.807) is 4.90 Å². The number of amides is 4.